The van der Waals surface area contributed by atoms with Crippen molar-refractivity contribution in [1.29, 1.82) is 0 Å². The molecule has 4 heteroatoms. The summed E-state index contributed by atoms with van der Waals surface area (Å²) in [5.41, 5.74) is 20.7. The molecule has 0 atom stereocenters. The molecule has 12 aromatic carbocycles. The van der Waals surface area contributed by atoms with Gasteiger partial charge in [0.15, 0.2) is 0 Å². The molecule has 13 aromatic rings. The van der Waals surface area contributed by atoms with Crippen LogP contribution in [0.5, 0.6) is 5.75 Å². The number of phenols is 1. The second-order valence-corrected chi connectivity index (χ2v) is 24.1. The van der Waals surface area contributed by atoms with Gasteiger partial charge in [-0.3, -0.25) is 0 Å². The molecule has 2 aliphatic carbocycles. The zero-order valence-electron chi connectivity index (χ0n) is 49.5. The first-order valence-corrected chi connectivity index (χ1v) is 31.2. The molecule has 2 saturated carbocycles. The monoisotopic (exact) mass is 1110 g/mol. The molecule has 85 heavy (non-hydrogen) atoms. The minimum absolute atomic E-state index is 0.278. The van der Waals surface area contributed by atoms with E-state index in [0.29, 0.717) is 11.8 Å². The van der Waals surface area contributed by atoms with Gasteiger partial charge in [0.05, 0.1) is 11.4 Å². The standard InChI is InChI=1S/C61H58N2O.C20H16O/c1-40-18-15-28-47(36-40)62(3)57-38-54(42-20-7-4-8-21-42)50-33-35-53-58(39-55(43-22-9-5-10-23-43)51-32-34-52(57)59(50)60(51)53)63(46-26-11-6-12-27-46)56-31-17-30-49(61(56)64)45-25-16-24-44(37-45)48-29-14-13-19-41(48)2;1-2-14-8-3-4-9-15(14)17-11-7-12-18-16-10-5-6-13-19(16)21-20(17)18/h6,11-19,24-39,42-43,64H,4-5,7-10,20-23H2,1-3H3;3-13H,2H2,1H3. The number of anilines is 5. The number of rotatable bonds is 11. The molecule has 420 valence electrons. The highest BCUT2D eigenvalue weighted by atomic mass is 16.3. The Balaban J connectivity index is 0.000000255. The van der Waals surface area contributed by atoms with Gasteiger partial charge in [-0.1, -0.05) is 215 Å². The molecular weight excluding hydrogens is 1030 g/mol. The Hall–Kier alpha value is -9.12. The lowest BCUT2D eigenvalue weighted by molar-refractivity contribution is 0.445. The summed E-state index contributed by atoms with van der Waals surface area (Å²) in [7, 11) is 2.26. The number of furan rings is 1. The van der Waals surface area contributed by atoms with E-state index >= 15 is 0 Å². The van der Waals surface area contributed by atoms with E-state index in [1.165, 1.54) is 163 Å². The van der Waals surface area contributed by atoms with Crippen molar-refractivity contribution in [2.75, 3.05) is 16.8 Å². The fraction of sp³-hybridized carbons (Fsp3) is 0.210. The van der Waals surface area contributed by atoms with Crippen LogP contribution in [0, 0.1) is 13.8 Å². The Morgan fingerprint density at radius 2 is 0.965 bits per heavy atom. The quantitative estimate of drug-likeness (QED) is 0.131. The van der Waals surface area contributed by atoms with Crippen molar-refractivity contribution in [3.05, 3.63) is 252 Å². The van der Waals surface area contributed by atoms with Crippen LogP contribution in [0.1, 0.15) is 111 Å². The molecule has 1 heterocycles. The molecule has 0 radical (unpaired) electrons. The predicted molar refractivity (Wildman–Crippen MR) is 362 cm³/mol. The molecule has 0 bridgehead atoms. The minimum atomic E-state index is 0.278. The molecule has 2 fully saturated rings. The van der Waals surface area contributed by atoms with E-state index < -0.39 is 0 Å². The van der Waals surface area contributed by atoms with E-state index in [1.54, 1.807) is 0 Å². The third-order valence-corrected chi connectivity index (χ3v) is 19.0. The normalized spacial score (nSPS) is 14.1. The minimum Gasteiger partial charge on any atom is -0.505 e. The summed E-state index contributed by atoms with van der Waals surface area (Å²) in [5.74, 6) is 1.27. The molecular formula is C81H74N2O2. The van der Waals surface area contributed by atoms with E-state index in [9.17, 15) is 5.11 Å². The Bertz CT molecular complexity index is 4560. The SMILES string of the molecule is CCc1ccccc1-c1cccc2c1oc1ccccc12.Cc1cccc(N(C)c2cc(C3CCCCC3)c3ccc4c(N(c5ccccc5)c5cccc(-c6cccc(-c7ccccc7C)c6)c5O)cc(C5CCCCC5)c5ccc2c3c54)c1. The number of hydrogen-bond acceptors (Lipinski definition) is 4. The molecule has 4 nitrogen and oxygen atoms in total. The maximum Gasteiger partial charge on any atom is 0.147 e. The second kappa shape index (κ2) is 23.1. The first-order chi connectivity index (χ1) is 41.8. The van der Waals surface area contributed by atoms with Crippen LogP contribution in [-0.4, -0.2) is 12.2 Å². The number of benzene rings is 12. The van der Waals surface area contributed by atoms with Gasteiger partial charge in [-0.05, 0) is 184 Å². The van der Waals surface area contributed by atoms with E-state index in [-0.39, 0.29) is 5.75 Å². The van der Waals surface area contributed by atoms with Crippen molar-refractivity contribution in [3.63, 3.8) is 0 Å². The maximum atomic E-state index is 12.8. The molecule has 0 saturated heterocycles. The highest BCUT2D eigenvalue weighted by Crippen LogP contribution is 2.54. The number of hydrogen-bond donors (Lipinski definition) is 1. The van der Waals surface area contributed by atoms with Gasteiger partial charge in [-0.25, -0.2) is 0 Å². The number of aryl methyl sites for hydroxylation is 3. The number of para-hydroxylation sites is 4. The third kappa shape index (κ3) is 9.96. The van der Waals surface area contributed by atoms with Crippen molar-refractivity contribution in [2.45, 2.75) is 103 Å². The van der Waals surface area contributed by atoms with Crippen LogP contribution in [0.15, 0.2) is 229 Å². The molecule has 0 amide bonds. The van der Waals surface area contributed by atoms with Gasteiger partial charge in [0.1, 0.15) is 16.9 Å². The molecule has 0 unspecified atom stereocenters. The smallest absolute Gasteiger partial charge is 0.147 e. The summed E-state index contributed by atoms with van der Waals surface area (Å²) in [6.07, 6.45) is 13.6. The molecule has 1 N–H and O–H groups in total. The fourth-order valence-corrected chi connectivity index (χ4v) is 14.7. The van der Waals surface area contributed by atoms with Crippen molar-refractivity contribution >= 4 is 82.7 Å². The van der Waals surface area contributed by atoms with E-state index in [1.807, 2.05) is 12.1 Å². The van der Waals surface area contributed by atoms with E-state index in [2.05, 4.69) is 250 Å². The fourth-order valence-electron chi connectivity index (χ4n) is 14.7. The first-order valence-electron chi connectivity index (χ1n) is 31.2. The highest BCUT2D eigenvalue weighted by molar-refractivity contribution is 6.29. The van der Waals surface area contributed by atoms with Gasteiger partial charge in [0, 0.05) is 56.8 Å². The molecule has 2 aliphatic rings. The Morgan fingerprint density at radius 3 is 1.67 bits per heavy atom. The second-order valence-electron chi connectivity index (χ2n) is 24.1. The van der Waals surface area contributed by atoms with Crippen LogP contribution in [-0.2, 0) is 6.42 Å². The number of fused-ring (bicyclic) bond motifs is 3. The average Bonchev–Trinajstić information content (AvgIpc) is 1.33. The predicted octanol–water partition coefficient (Wildman–Crippen LogP) is 23.4. The Kier molecular flexibility index (Phi) is 14.7. The number of nitrogens with zero attached hydrogens (tertiary/aromatic N) is 2. The molecule has 15 rings (SSSR count). The van der Waals surface area contributed by atoms with Crippen LogP contribution >= 0.6 is 0 Å². The van der Waals surface area contributed by atoms with Crippen molar-refractivity contribution in [2.24, 2.45) is 0 Å². The lowest BCUT2D eigenvalue weighted by Gasteiger charge is -2.33. The van der Waals surface area contributed by atoms with Crippen LogP contribution in [0.3, 0.4) is 0 Å². The molecule has 0 spiro atoms. The summed E-state index contributed by atoms with van der Waals surface area (Å²) >= 11 is 0. The van der Waals surface area contributed by atoms with E-state index in [4.69, 9.17) is 4.42 Å². The van der Waals surface area contributed by atoms with Gasteiger partial charge < -0.3 is 19.3 Å². The van der Waals surface area contributed by atoms with Crippen LogP contribution in [0.4, 0.5) is 28.4 Å². The third-order valence-electron chi connectivity index (χ3n) is 19.0. The highest BCUT2D eigenvalue weighted by Gasteiger charge is 2.30. The van der Waals surface area contributed by atoms with Crippen molar-refractivity contribution in [1.82, 2.24) is 0 Å². The summed E-state index contributed by atoms with van der Waals surface area (Å²) in [6.45, 7) is 6.55. The van der Waals surface area contributed by atoms with Crippen molar-refractivity contribution in [3.8, 4) is 39.1 Å². The molecule has 0 aliphatic heterocycles. The molecule has 1 aromatic heterocycles. The average molecular weight is 1110 g/mol. The lowest BCUT2D eigenvalue weighted by atomic mass is 9.77. The summed E-state index contributed by atoms with van der Waals surface area (Å²) in [5, 5.41) is 23.2. The Morgan fingerprint density at radius 1 is 0.424 bits per heavy atom. The van der Waals surface area contributed by atoms with Crippen LogP contribution in [0.2, 0.25) is 0 Å². The summed E-state index contributed by atoms with van der Waals surface area (Å²) < 4.78 is 6.14. The zero-order chi connectivity index (χ0) is 57.5. The van der Waals surface area contributed by atoms with Gasteiger partial charge >= 0.3 is 0 Å². The van der Waals surface area contributed by atoms with E-state index in [0.717, 1.165) is 51.3 Å². The van der Waals surface area contributed by atoms with Gasteiger partial charge in [-0.15, -0.1) is 0 Å². The van der Waals surface area contributed by atoms with Gasteiger partial charge in [-0.2, -0.15) is 0 Å². The zero-order valence-corrected chi connectivity index (χ0v) is 49.5. The summed E-state index contributed by atoms with van der Waals surface area (Å²) in [6, 6.07) is 81.1. The number of aromatic hydroxyl groups is 1. The Labute approximate surface area is 501 Å². The van der Waals surface area contributed by atoms with Crippen LogP contribution < -0.4 is 9.80 Å². The number of phenolic OH excluding ortho intramolecular Hbond substituents is 1. The topological polar surface area (TPSA) is 39.9 Å². The first kappa shape index (κ1) is 53.9. The lowest BCUT2D eigenvalue weighted by Crippen LogP contribution is -2.14. The maximum absolute atomic E-state index is 12.8. The van der Waals surface area contributed by atoms with Gasteiger partial charge in [0.25, 0.3) is 0 Å². The van der Waals surface area contributed by atoms with Gasteiger partial charge in [0.2, 0.25) is 0 Å². The van der Waals surface area contributed by atoms with Crippen molar-refractivity contribution < 1.29 is 9.52 Å². The largest absolute Gasteiger partial charge is 0.505 e. The summed E-state index contributed by atoms with van der Waals surface area (Å²) in [4.78, 5) is 4.78. The van der Waals surface area contributed by atoms with Crippen LogP contribution in [0.25, 0.3) is 87.6 Å².